The van der Waals surface area contributed by atoms with Crippen LogP contribution in [0.2, 0.25) is 5.02 Å². The SMILES string of the molecule is C=C(/C=C\C=C/C)[C@@H]1C(C(=O)N(C)C)C(O)(C#CC)[C@@]2(O)c3ncc(Cl)cc3O[C@@]12c1ccc(Br)cc1. The number of nitrogens with zero attached hydrogens (tertiary/aromatic N) is 2. The highest BCUT2D eigenvalue weighted by Gasteiger charge is 2.84. The number of carbonyl (C=O) groups is 1. The van der Waals surface area contributed by atoms with Crippen LogP contribution in [0.3, 0.4) is 0 Å². The van der Waals surface area contributed by atoms with Crippen LogP contribution in [0.15, 0.2) is 77.5 Å². The summed E-state index contributed by atoms with van der Waals surface area (Å²) in [7, 11) is 3.18. The second kappa shape index (κ2) is 9.77. The number of aromatic nitrogens is 1. The van der Waals surface area contributed by atoms with Crippen LogP contribution in [-0.4, -0.2) is 45.7 Å². The highest BCUT2D eigenvalue weighted by Crippen LogP contribution is 2.70. The molecular formula is C29H28BrClN2O4. The molecule has 2 heterocycles. The molecule has 2 unspecified atom stereocenters. The van der Waals surface area contributed by atoms with Crippen molar-refractivity contribution in [1.82, 2.24) is 9.88 Å². The molecule has 1 aliphatic carbocycles. The molecule has 4 rings (SSSR count). The maximum Gasteiger partial charge on any atom is 0.230 e. The molecular weight excluding hydrogens is 556 g/mol. The molecule has 2 N–H and O–H groups in total. The maximum absolute atomic E-state index is 13.9. The molecule has 37 heavy (non-hydrogen) atoms. The predicted molar refractivity (Wildman–Crippen MR) is 147 cm³/mol. The van der Waals surface area contributed by atoms with Crippen molar-refractivity contribution in [2.45, 2.75) is 30.7 Å². The van der Waals surface area contributed by atoms with Crippen molar-refractivity contribution >= 4 is 33.4 Å². The number of benzene rings is 1. The minimum Gasteiger partial charge on any atom is -0.476 e. The van der Waals surface area contributed by atoms with Crippen molar-refractivity contribution < 1.29 is 19.7 Å². The number of allylic oxidation sites excluding steroid dienone is 4. The molecule has 0 spiro atoms. The molecule has 2 aliphatic rings. The molecule has 1 aromatic heterocycles. The van der Waals surface area contributed by atoms with Crippen molar-refractivity contribution in [2.24, 2.45) is 11.8 Å². The van der Waals surface area contributed by atoms with Crippen LogP contribution in [0.4, 0.5) is 0 Å². The van der Waals surface area contributed by atoms with Gasteiger partial charge in [-0.1, -0.05) is 76.5 Å². The van der Waals surface area contributed by atoms with Gasteiger partial charge in [0.25, 0.3) is 0 Å². The predicted octanol–water partition coefficient (Wildman–Crippen LogP) is 4.75. The summed E-state index contributed by atoms with van der Waals surface area (Å²) in [6, 6.07) is 8.71. The van der Waals surface area contributed by atoms with Gasteiger partial charge in [-0.3, -0.25) is 9.78 Å². The number of aliphatic hydroxyl groups is 2. The zero-order valence-corrected chi connectivity index (χ0v) is 23.3. The van der Waals surface area contributed by atoms with E-state index in [1.165, 1.54) is 11.1 Å². The van der Waals surface area contributed by atoms with E-state index < -0.39 is 34.5 Å². The number of rotatable bonds is 5. The van der Waals surface area contributed by atoms with Gasteiger partial charge in [-0.2, -0.15) is 0 Å². The van der Waals surface area contributed by atoms with Crippen LogP contribution in [0.1, 0.15) is 25.1 Å². The van der Waals surface area contributed by atoms with Gasteiger partial charge in [0.05, 0.1) is 10.9 Å². The van der Waals surface area contributed by atoms with Crippen LogP contribution in [0, 0.1) is 23.7 Å². The molecule has 1 aromatic carbocycles. The van der Waals surface area contributed by atoms with E-state index in [0.717, 1.165) is 4.47 Å². The Morgan fingerprint density at radius 2 is 1.92 bits per heavy atom. The third kappa shape index (κ3) is 3.78. The number of amides is 1. The van der Waals surface area contributed by atoms with Gasteiger partial charge in [0.15, 0.2) is 16.8 Å². The lowest BCUT2D eigenvalue weighted by atomic mass is 9.70. The van der Waals surface area contributed by atoms with Crippen LogP contribution in [0.25, 0.3) is 0 Å². The lowest BCUT2D eigenvalue weighted by Gasteiger charge is -2.41. The molecule has 1 amide bonds. The van der Waals surface area contributed by atoms with E-state index in [-0.39, 0.29) is 11.4 Å². The first kappa shape index (κ1) is 27.2. The molecule has 1 saturated carbocycles. The molecule has 0 bridgehead atoms. The monoisotopic (exact) mass is 582 g/mol. The van der Waals surface area contributed by atoms with Gasteiger partial charge in [-0.15, -0.1) is 5.92 Å². The number of hydrogen-bond acceptors (Lipinski definition) is 5. The van der Waals surface area contributed by atoms with Crippen molar-refractivity contribution in [1.29, 1.82) is 0 Å². The Balaban J connectivity index is 2.18. The van der Waals surface area contributed by atoms with Crippen molar-refractivity contribution in [2.75, 3.05) is 14.1 Å². The highest BCUT2D eigenvalue weighted by atomic mass is 79.9. The summed E-state index contributed by atoms with van der Waals surface area (Å²) < 4.78 is 7.45. The van der Waals surface area contributed by atoms with Crippen LogP contribution in [0.5, 0.6) is 5.75 Å². The molecule has 1 fully saturated rings. The topological polar surface area (TPSA) is 82.9 Å². The number of fused-ring (bicyclic) bond motifs is 3. The molecule has 1 aliphatic heterocycles. The van der Waals surface area contributed by atoms with Crippen molar-refractivity contribution in [3.63, 3.8) is 0 Å². The Labute approximate surface area is 230 Å². The summed E-state index contributed by atoms with van der Waals surface area (Å²) in [5.41, 5.74) is -5.26. The van der Waals surface area contributed by atoms with Crippen molar-refractivity contribution in [3.05, 3.63) is 93.7 Å². The van der Waals surface area contributed by atoms with Crippen LogP contribution < -0.4 is 4.74 Å². The summed E-state index contributed by atoms with van der Waals surface area (Å²) in [4.78, 5) is 19.6. The molecule has 192 valence electrons. The lowest BCUT2D eigenvalue weighted by Crippen LogP contribution is -2.59. The average Bonchev–Trinajstić information content (AvgIpc) is 3.20. The van der Waals surface area contributed by atoms with E-state index in [2.05, 4.69) is 39.3 Å². The summed E-state index contributed by atoms with van der Waals surface area (Å²) in [5.74, 6) is 3.09. The molecule has 6 nitrogen and oxygen atoms in total. The molecule has 0 radical (unpaired) electrons. The minimum absolute atomic E-state index is 0.0503. The van der Waals surface area contributed by atoms with E-state index >= 15 is 0 Å². The van der Waals surface area contributed by atoms with E-state index in [1.807, 2.05) is 19.1 Å². The maximum atomic E-state index is 13.9. The lowest BCUT2D eigenvalue weighted by molar-refractivity contribution is -0.184. The van der Waals surface area contributed by atoms with Gasteiger partial charge in [0.1, 0.15) is 11.4 Å². The van der Waals surface area contributed by atoms with Crippen LogP contribution >= 0.6 is 27.5 Å². The average molecular weight is 584 g/mol. The van der Waals surface area contributed by atoms with Crippen LogP contribution in [-0.2, 0) is 16.0 Å². The van der Waals surface area contributed by atoms with Gasteiger partial charge in [-0.05, 0) is 37.1 Å². The third-order valence-electron chi connectivity index (χ3n) is 7.05. The number of pyridine rings is 1. The van der Waals surface area contributed by atoms with E-state index in [4.69, 9.17) is 16.3 Å². The second-order valence-corrected chi connectivity index (χ2v) is 10.7. The first-order valence-corrected chi connectivity index (χ1v) is 12.9. The summed E-state index contributed by atoms with van der Waals surface area (Å²) in [6.07, 6.45) is 8.59. The minimum atomic E-state index is -2.30. The number of carbonyl (C=O) groups excluding carboxylic acids is 1. The Hall–Kier alpha value is -2.89. The standard InChI is InChI=1S/C29H28BrClN2O4/c1-6-8-9-10-18(3)23-24(26(34)33(4)5)27(35,15-7-2)29(36)25-22(16-21(31)17-32-25)37-28(23,29)19-11-13-20(30)14-12-19/h6,8-14,16-17,23-24,35-36H,3H2,1-2,4-5H3/b8-6-,10-9-/t23-,24?,27?,28+,29+/m1/s1. The number of hydrogen-bond donors (Lipinski definition) is 2. The number of halogens is 2. The van der Waals surface area contributed by atoms with Crippen molar-refractivity contribution in [3.8, 4) is 17.6 Å². The second-order valence-electron chi connectivity index (χ2n) is 9.34. The molecule has 5 atom stereocenters. The summed E-state index contributed by atoms with van der Waals surface area (Å²) >= 11 is 9.72. The fourth-order valence-corrected chi connectivity index (χ4v) is 6.03. The first-order chi connectivity index (χ1) is 17.5. The van der Waals surface area contributed by atoms with Gasteiger partial charge in [0, 0.05) is 36.7 Å². The fourth-order valence-electron chi connectivity index (χ4n) is 5.62. The van der Waals surface area contributed by atoms with E-state index in [9.17, 15) is 15.0 Å². The molecule has 0 saturated heterocycles. The Bertz CT molecular complexity index is 1380. The zero-order valence-electron chi connectivity index (χ0n) is 21.0. The molecule has 2 aromatic rings. The van der Waals surface area contributed by atoms with Gasteiger partial charge < -0.3 is 19.8 Å². The fraction of sp³-hybridized carbons (Fsp3) is 0.310. The summed E-state index contributed by atoms with van der Waals surface area (Å²) in [6.45, 7) is 7.71. The van der Waals surface area contributed by atoms with Gasteiger partial charge in [0.2, 0.25) is 5.91 Å². The Morgan fingerprint density at radius 1 is 1.24 bits per heavy atom. The van der Waals surface area contributed by atoms with Gasteiger partial charge in [-0.25, -0.2) is 0 Å². The quantitative estimate of drug-likeness (QED) is 0.392. The summed E-state index contributed by atoms with van der Waals surface area (Å²) in [5, 5.41) is 25.6. The first-order valence-electron chi connectivity index (χ1n) is 11.7. The largest absolute Gasteiger partial charge is 0.476 e. The normalized spacial score (nSPS) is 29.9. The third-order valence-corrected chi connectivity index (χ3v) is 7.79. The number of ether oxygens (including phenoxy) is 1. The van der Waals surface area contributed by atoms with E-state index in [0.29, 0.717) is 16.2 Å². The Morgan fingerprint density at radius 3 is 2.51 bits per heavy atom. The Kier molecular flexibility index (Phi) is 7.17. The van der Waals surface area contributed by atoms with E-state index in [1.54, 1.807) is 63.5 Å². The van der Waals surface area contributed by atoms with Gasteiger partial charge >= 0.3 is 0 Å². The smallest absolute Gasteiger partial charge is 0.230 e. The zero-order chi connectivity index (χ0) is 27.2. The highest BCUT2D eigenvalue weighted by molar-refractivity contribution is 9.10. The molecule has 8 heteroatoms.